The fourth-order valence-electron chi connectivity index (χ4n) is 1.20. The van der Waals surface area contributed by atoms with Gasteiger partial charge in [-0.05, 0) is 18.2 Å². The molecule has 1 aromatic carbocycles. The first-order valence-electron chi connectivity index (χ1n) is 4.87. The molecule has 1 rings (SSSR count). The van der Waals surface area contributed by atoms with Crippen molar-refractivity contribution >= 4 is 33.2 Å². The van der Waals surface area contributed by atoms with E-state index in [0.717, 1.165) is 0 Å². The second-order valence-corrected chi connectivity index (χ2v) is 5.49. The molecule has 0 heterocycles. The summed E-state index contributed by atoms with van der Waals surface area (Å²) in [5.74, 6) is -0.424. The van der Waals surface area contributed by atoms with Crippen LogP contribution >= 0.6 is 11.6 Å². The lowest BCUT2D eigenvalue weighted by Crippen LogP contribution is -2.20. The lowest BCUT2D eigenvalue weighted by atomic mass is 10.2. The second kappa shape index (κ2) is 5.88. The summed E-state index contributed by atoms with van der Waals surface area (Å²) < 4.78 is 25.3. The number of alkyl halides is 1. The van der Waals surface area contributed by atoms with Gasteiger partial charge < -0.3 is 5.32 Å². The van der Waals surface area contributed by atoms with E-state index in [-0.39, 0.29) is 17.5 Å². The van der Waals surface area contributed by atoms with Gasteiger partial charge in [-0.25, -0.2) is 8.42 Å². The highest BCUT2D eigenvalue weighted by atomic mass is 35.5. The van der Waals surface area contributed by atoms with Crippen LogP contribution in [-0.2, 0) is 10.0 Å². The summed E-state index contributed by atoms with van der Waals surface area (Å²) in [5.41, 5.74) is 0.731. The Balaban J connectivity index is 2.90. The van der Waals surface area contributed by atoms with Crippen molar-refractivity contribution in [1.82, 2.24) is 5.32 Å². The van der Waals surface area contributed by atoms with Crippen LogP contribution in [0.1, 0.15) is 10.4 Å². The van der Waals surface area contributed by atoms with Crippen LogP contribution < -0.4 is 10.0 Å². The van der Waals surface area contributed by atoms with Crippen molar-refractivity contribution in [2.45, 2.75) is 0 Å². The van der Waals surface area contributed by atoms with Crippen molar-refractivity contribution in [1.29, 1.82) is 0 Å². The Bertz CT molecular complexity index is 502. The van der Waals surface area contributed by atoms with Crippen molar-refractivity contribution in [2.75, 3.05) is 23.4 Å². The molecule has 0 radical (unpaired) electrons. The Morgan fingerprint density at radius 1 is 1.41 bits per heavy atom. The van der Waals surface area contributed by atoms with E-state index in [4.69, 9.17) is 11.6 Å². The standard InChI is InChI=1S/C10H13ClN2O3S/c1-12-10(14)8-3-2-4-9(7-8)13-17(15,16)6-5-11/h2-4,7,13H,5-6H2,1H3,(H,12,14). The monoisotopic (exact) mass is 276 g/mol. The topological polar surface area (TPSA) is 75.3 Å². The molecule has 0 spiro atoms. The zero-order valence-corrected chi connectivity index (χ0v) is 10.8. The predicted molar refractivity (Wildman–Crippen MR) is 68.0 cm³/mol. The Labute approximate surface area is 105 Å². The molecule has 94 valence electrons. The molecule has 17 heavy (non-hydrogen) atoms. The minimum atomic E-state index is -3.45. The molecule has 0 aliphatic carbocycles. The summed E-state index contributed by atoms with van der Waals surface area (Å²) in [5, 5.41) is 2.46. The Hall–Kier alpha value is -1.27. The highest BCUT2D eigenvalue weighted by Gasteiger charge is 2.10. The smallest absolute Gasteiger partial charge is 0.251 e. The molecular weight excluding hydrogens is 264 g/mol. The van der Waals surface area contributed by atoms with E-state index in [1.165, 1.54) is 13.1 Å². The summed E-state index contributed by atoms with van der Waals surface area (Å²) in [6, 6.07) is 6.23. The molecular formula is C10H13ClN2O3S. The van der Waals surface area contributed by atoms with Crippen molar-refractivity contribution in [3.63, 3.8) is 0 Å². The van der Waals surface area contributed by atoms with Gasteiger partial charge in [-0.1, -0.05) is 6.07 Å². The first-order valence-corrected chi connectivity index (χ1v) is 7.06. The van der Waals surface area contributed by atoms with E-state index >= 15 is 0 Å². The summed E-state index contributed by atoms with van der Waals surface area (Å²) >= 11 is 5.37. The van der Waals surface area contributed by atoms with Crippen LogP contribution in [0.5, 0.6) is 0 Å². The fraction of sp³-hybridized carbons (Fsp3) is 0.300. The van der Waals surface area contributed by atoms with Crippen LogP contribution in [0.25, 0.3) is 0 Å². The summed E-state index contributed by atoms with van der Waals surface area (Å²) in [6.45, 7) is 0. The molecule has 0 fully saturated rings. The van der Waals surface area contributed by atoms with E-state index in [9.17, 15) is 13.2 Å². The number of carbonyl (C=O) groups excluding carboxylic acids is 1. The Morgan fingerprint density at radius 3 is 2.71 bits per heavy atom. The molecule has 1 aromatic rings. The van der Waals surface area contributed by atoms with E-state index in [2.05, 4.69) is 10.0 Å². The van der Waals surface area contributed by atoms with Gasteiger partial charge in [0.15, 0.2) is 0 Å². The van der Waals surface area contributed by atoms with Gasteiger partial charge in [-0.15, -0.1) is 11.6 Å². The van der Waals surface area contributed by atoms with E-state index in [0.29, 0.717) is 11.3 Å². The van der Waals surface area contributed by atoms with Crippen LogP contribution in [0.3, 0.4) is 0 Å². The molecule has 2 N–H and O–H groups in total. The first-order chi connectivity index (χ1) is 7.98. The molecule has 7 heteroatoms. The van der Waals surface area contributed by atoms with Gasteiger partial charge in [0.25, 0.3) is 5.91 Å². The third kappa shape index (κ3) is 4.24. The van der Waals surface area contributed by atoms with Gasteiger partial charge in [0, 0.05) is 24.2 Å². The van der Waals surface area contributed by atoms with Crippen LogP contribution in [0.2, 0.25) is 0 Å². The molecule has 0 bridgehead atoms. The highest BCUT2D eigenvalue weighted by molar-refractivity contribution is 7.92. The number of benzene rings is 1. The lowest BCUT2D eigenvalue weighted by molar-refractivity contribution is 0.0963. The van der Waals surface area contributed by atoms with Gasteiger partial charge in [0.05, 0.1) is 5.75 Å². The molecule has 0 unspecified atom stereocenters. The van der Waals surface area contributed by atoms with Crippen molar-refractivity contribution < 1.29 is 13.2 Å². The highest BCUT2D eigenvalue weighted by Crippen LogP contribution is 2.12. The first kappa shape index (κ1) is 13.8. The summed E-state index contributed by atoms with van der Waals surface area (Å²) in [4.78, 5) is 11.3. The van der Waals surface area contributed by atoms with Crippen LogP contribution in [0.15, 0.2) is 24.3 Å². The normalized spacial score (nSPS) is 10.9. The van der Waals surface area contributed by atoms with Crippen LogP contribution in [0.4, 0.5) is 5.69 Å². The average molecular weight is 277 g/mol. The SMILES string of the molecule is CNC(=O)c1cccc(NS(=O)(=O)CCCl)c1. The maximum absolute atomic E-state index is 11.5. The van der Waals surface area contributed by atoms with Crippen LogP contribution in [0, 0.1) is 0 Å². The number of anilines is 1. The summed E-state index contributed by atoms with van der Waals surface area (Å²) in [7, 11) is -1.94. The second-order valence-electron chi connectivity index (χ2n) is 3.27. The minimum absolute atomic E-state index is 0.0183. The third-order valence-corrected chi connectivity index (χ3v) is 3.67. The lowest BCUT2D eigenvalue weighted by Gasteiger charge is -2.07. The van der Waals surface area contributed by atoms with Crippen LogP contribution in [-0.4, -0.2) is 33.0 Å². The number of nitrogens with one attached hydrogen (secondary N) is 2. The number of amides is 1. The molecule has 5 nitrogen and oxygen atoms in total. The molecule has 0 aliphatic heterocycles. The predicted octanol–water partition coefficient (Wildman–Crippen LogP) is 1.03. The van der Waals surface area contributed by atoms with Crippen molar-refractivity contribution in [3.05, 3.63) is 29.8 Å². The number of sulfonamides is 1. The van der Waals surface area contributed by atoms with Crippen molar-refractivity contribution in [2.24, 2.45) is 0 Å². The van der Waals surface area contributed by atoms with Gasteiger partial charge in [0.1, 0.15) is 0 Å². The number of halogens is 1. The maximum Gasteiger partial charge on any atom is 0.251 e. The zero-order valence-electron chi connectivity index (χ0n) is 9.23. The zero-order chi connectivity index (χ0) is 12.9. The molecule has 0 aliphatic rings. The van der Waals surface area contributed by atoms with E-state index in [1.54, 1.807) is 18.2 Å². The van der Waals surface area contributed by atoms with Gasteiger partial charge in [-0.2, -0.15) is 0 Å². The average Bonchev–Trinajstić information content (AvgIpc) is 2.27. The maximum atomic E-state index is 11.5. The quantitative estimate of drug-likeness (QED) is 0.789. The molecule has 0 saturated heterocycles. The molecule has 0 saturated carbocycles. The van der Waals surface area contributed by atoms with E-state index < -0.39 is 10.0 Å². The van der Waals surface area contributed by atoms with E-state index in [1.807, 2.05) is 0 Å². The molecule has 0 aromatic heterocycles. The largest absolute Gasteiger partial charge is 0.355 e. The third-order valence-electron chi connectivity index (χ3n) is 1.97. The number of hydrogen-bond donors (Lipinski definition) is 2. The molecule has 1 amide bonds. The number of rotatable bonds is 5. The molecule has 0 atom stereocenters. The number of hydrogen-bond acceptors (Lipinski definition) is 3. The van der Waals surface area contributed by atoms with Gasteiger partial charge in [0.2, 0.25) is 10.0 Å². The Morgan fingerprint density at radius 2 is 2.12 bits per heavy atom. The van der Waals surface area contributed by atoms with Gasteiger partial charge in [-0.3, -0.25) is 9.52 Å². The summed E-state index contributed by atoms with van der Waals surface area (Å²) in [6.07, 6.45) is 0. The van der Waals surface area contributed by atoms with Gasteiger partial charge >= 0.3 is 0 Å². The minimum Gasteiger partial charge on any atom is -0.355 e. The Kier molecular flexibility index (Phi) is 4.77. The van der Waals surface area contributed by atoms with Crippen molar-refractivity contribution in [3.8, 4) is 0 Å². The fourth-order valence-corrected chi connectivity index (χ4v) is 2.60. The number of carbonyl (C=O) groups is 1.